The second-order valence-electron chi connectivity index (χ2n) is 4.20. The summed E-state index contributed by atoms with van der Waals surface area (Å²) in [5, 5.41) is 9.00. The number of carbonyl (C=O) groups is 3. The number of carbonyl (C=O) groups excluding carboxylic acids is 2. The lowest BCUT2D eigenvalue weighted by molar-refractivity contribution is -0.179. The molecule has 2 fully saturated rings. The van der Waals surface area contributed by atoms with Gasteiger partial charge in [0.05, 0.1) is 12.3 Å². The topological polar surface area (TPSA) is 89.9 Å². The van der Waals surface area contributed by atoms with Gasteiger partial charge >= 0.3 is 17.9 Å². The van der Waals surface area contributed by atoms with Crippen molar-refractivity contribution in [3.63, 3.8) is 0 Å². The molecule has 0 spiro atoms. The monoisotopic (exact) mass is 240 g/mol. The summed E-state index contributed by atoms with van der Waals surface area (Å²) in [6.45, 7) is 3.27. The number of fused-ring (bicyclic) bond motifs is 2. The van der Waals surface area contributed by atoms with Crippen LogP contribution in [0.3, 0.4) is 0 Å². The summed E-state index contributed by atoms with van der Waals surface area (Å²) in [7, 11) is 0. The molecule has 6 nitrogen and oxygen atoms in total. The van der Waals surface area contributed by atoms with Gasteiger partial charge in [-0.25, -0.2) is 4.79 Å². The highest BCUT2D eigenvalue weighted by molar-refractivity contribution is 5.82. The van der Waals surface area contributed by atoms with Crippen LogP contribution in [0.5, 0.6) is 0 Å². The zero-order chi connectivity index (χ0) is 12.6. The maximum atomic E-state index is 11.2. The predicted molar refractivity (Wildman–Crippen MR) is 53.8 cm³/mol. The van der Waals surface area contributed by atoms with Crippen molar-refractivity contribution in [1.29, 1.82) is 0 Å². The molecule has 1 aliphatic heterocycles. The van der Waals surface area contributed by atoms with Crippen LogP contribution in [-0.2, 0) is 23.9 Å². The van der Waals surface area contributed by atoms with Gasteiger partial charge in [-0.05, 0) is 6.42 Å². The van der Waals surface area contributed by atoms with Gasteiger partial charge in [0, 0.05) is 12.0 Å². The van der Waals surface area contributed by atoms with Gasteiger partial charge < -0.3 is 14.6 Å². The van der Waals surface area contributed by atoms with Crippen LogP contribution < -0.4 is 0 Å². The molecule has 0 aromatic heterocycles. The van der Waals surface area contributed by atoms with Gasteiger partial charge in [-0.2, -0.15) is 0 Å². The maximum absolute atomic E-state index is 11.2. The standard InChI is InChI=1S/C11H12O6/c1-2-7(12)16-9-5-3-6(11(14)15)10(9)17-8(13)4-5/h2,5-6,9-10H,1,3-4H2,(H,14,15). The second-order valence-corrected chi connectivity index (χ2v) is 4.20. The maximum Gasteiger partial charge on any atom is 0.330 e. The van der Waals surface area contributed by atoms with E-state index in [0.29, 0.717) is 6.42 Å². The van der Waals surface area contributed by atoms with E-state index in [9.17, 15) is 14.4 Å². The number of hydrogen-bond acceptors (Lipinski definition) is 5. The molecule has 1 aliphatic carbocycles. The summed E-state index contributed by atoms with van der Waals surface area (Å²) in [5.74, 6) is -3.17. The normalized spacial score (nSPS) is 34.9. The van der Waals surface area contributed by atoms with Crippen LogP contribution in [0.1, 0.15) is 12.8 Å². The summed E-state index contributed by atoms with van der Waals surface area (Å²) in [6, 6.07) is 0. The van der Waals surface area contributed by atoms with Crippen molar-refractivity contribution in [2.75, 3.05) is 0 Å². The molecule has 4 unspecified atom stereocenters. The lowest BCUT2D eigenvalue weighted by Gasteiger charge is -2.29. The van der Waals surface area contributed by atoms with E-state index >= 15 is 0 Å². The fourth-order valence-corrected chi connectivity index (χ4v) is 2.44. The molecule has 0 aromatic rings. The van der Waals surface area contributed by atoms with Crippen LogP contribution in [0, 0.1) is 11.8 Å². The largest absolute Gasteiger partial charge is 0.481 e. The fraction of sp³-hybridized carbons (Fsp3) is 0.545. The Kier molecular flexibility index (Phi) is 2.87. The van der Waals surface area contributed by atoms with Crippen molar-refractivity contribution in [3.8, 4) is 0 Å². The van der Waals surface area contributed by atoms with E-state index in [1.807, 2.05) is 0 Å². The highest BCUT2D eigenvalue weighted by atomic mass is 16.6. The molecule has 0 amide bonds. The molecule has 1 heterocycles. The third kappa shape index (κ3) is 2.02. The van der Waals surface area contributed by atoms with E-state index < -0.39 is 36.0 Å². The van der Waals surface area contributed by atoms with Gasteiger partial charge in [0.15, 0.2) is 6.10 Å². The van der Waals surface area contributed by atoms with E-state index in [-0.39, 0.29) is 12.3 Å². The molecule has 2 rings (SSSR count). The first-order valence-corrected chi connectivity index (χ1v) is 5.28. The smallest absolute Gasteiger partial charge is 0.330 e. The van der Waals surface area contributed by atoms with Crippen LogP contribution in [0.25, 0.3) is 0 Å². The van der Waals surface area contributed by atoms with E-state index in [1.165, 1.54) is 0 Å². The highest BCUT2D eigenvalue weighted by Gasteiger charge is 2.54. The molecule has 0 radical (unpaired) electrons. The lowest BCUT2D eigenvalue weighted by atomic mass is 9.99. The zero-order valence-corrected chi connectivity index (χ0v) is 9.00. The Bertz CT molecular complexity index is 387. The van der Waals surface area contributed by atoms with Crippen molar-refractivity contribution in [2.24, 2.45) is 11.8 Å². The Balaban J connectivity index is 2.18. The van der Waals surface area contributed by atoms with E-state index in [2.05, 4.69) is 6.58 Å². The highest BCUT2D eigenvalue weighted by Crippen LogP contribution is 2.42. The molecular formula is C11H12O6. The molecular weight excluding hydrogens is 228 g/mol. The van der Waals surface area contributed by atoms with Crippen LogP contribution in [0.2, 0.25) is 0 Å². The van der Waals surface area contributed by atoms with Gasteiger partial charge in [0.25, 0.3) is 0 Å². The Morgan fingerprint density at radius 1 is 1.53 bits per heavy atom. The van der Waals surface area contributed by atoms with Crippen molar-refractivity contribution >= 4 is 17.9 Å². The molecule has 1 N–H and O–H groups in total. The van der Waals surface area contributed by atoms with Crippen molar-refractivity contribution in [1.82, 2.24) is 0 Å². The fourth-order valence-electron chi connectivity index (χ4n) is 2.44. The minimum Gasteiger partial charge on any atom is -0.481 e. The summed E-state index contributed by atoms with van der Waals surface area (Å²) in [4.78, 5) is 33.3. The molecule has 92 valence electrons. The minimum absolute atomic E-state index is 0.0926. The summed E-state index contributed by atoms with van der Waals surface area (Å²) < 4.78 is 10.0. The molecule has 2 aliphatic rings. The third-order valence-electron chi connectivity index (χ3n) is 3.17. The summed E-state index contributed by atoms with van der Waals surface area (Å²) >= 11 is 0. The minimum atomic E-state index is -1.04. The second kappa shape index (κ2) is 4.20. The number of rotatable bonds is 3. The average molecular weight is 240 g/mol. The first kappa shape index (κ1) is 11.6. The molecule has 1 saturated heterocycles. The first-order chi connectivity index (χ1) is 8.02. The summed E-state index contributed by atoms with van der Waals surface area (Å²) in [5.41, 5.74) is 0. The van der Waals surface area contributed by atoms with E-state index in [4.69, 9.17) is 14.6 Å². The lowest BCUT2D eigenvalue weighted by Crippen LogP contribution is -2.43. The molecule has 0 aromatic carbocycles. The Hall–Kier alpha value is -1.85. The van der Waals surface area contributed by atoms with E-state index in [1.54, 1.807) is 0 Å². The SMILES string of the molecule is C=CC(=O)OC1C2CC(=O)OC1C(C(=O)O)C2. The third-order valence-corrected chi connectivity index (χ3v) is 3.17. The molecule has 4 atom stereocenters. The van der Waals surface area contributed by atoms with Crippen LogP contribution in [-0.4, -0.2) is 35.2 Å². The number of ether oxygens (including phenoxy) is 2. The zero-order valence-electron chi connectivity index (χ0n) is 9.00. The Labute approximate surface area is 97.2 Å². The van der Waals surface area contributed by atoms with Gasteiger partial charge in [-0.15, -0.1) is 0 Å². The Morgan fingerprint density at radius 3 is 2.82 bits per heavy atom. The molecule has 1 saturated carbocycles. The molecule has 6 heteroatoms. The number of esters is 2. The number of aliphatic carboxylic acids is 1. The van der Waals surface area contributed by atoms with Gasteiger partial charge in [0.2, 0.25) is 0 Å². The first-order valence-electron chi connectivity index (χ1n) is 5.28. The number of carboxylic acids is 1. The quantitative estimate of drug-likeness (QED) is 0.556. The summed E-state index contributed by atoms with van der Waals surface area (Å²) in [6.07, 6.45) is -0.149. The predicted octanol–water partition coefficient (Wildman–Crippen LogP) is 0.120. The van der Waals surface area contributed by atoms with Gasteiger partial charge in [-0.1, -0.05) is 6.58 Å². The molecule has 17 heavy (non-hydrogen) atoms. The van der Waals surface area contributed by atoms with Crippen LogP contribution >= 0.6 is 0 Å². The Morgan fingerprint density at radius 2 is 2.24 bits per heavy atom. The van der Waals surface area contributed by atoms with Crippen molar-refractivity contribution in [3.05, 3.63) is 12.7 Å². The van der Waals surface area contributed by atoms with Gasteiger partial charge in [0.1, 0.15) is 6.10 Å². The van der Waals surface area contributed by atoms with Gasteiger partial charge in [-0.3, -0.25) is 9.59 Å². The number of carboxylic acid groups (broad SMARTS) is 1. The van der Waals surface area contributed by atoms with Crippen molar-refractivity contribution < 1.29 is 29.0 Å². The average Bonchev–Trinajstić information content (AvgIpc) is 2.48. The molecule has 2 bridgehead atoms. The van der Waals surface area contributed by atoms with E-state index in [0.717, 1.165) is 6.08 Å². The van der Waals surface area contributed by atoms with Crippen molar-refractivity contribution in [2.45, 2.75) is 25.0 Å². The van der Waals surface area contributed by atoms with Crippen LogP contribution in [0.15, 0.2) is 12.7 Å². The van der Waals surface area contributed by atoms with Crippen LogP contribution in [0.4, 0.5) is 0 Å². The number of hydrogen-bond donors (Lipinski definition) is 1.